The predicted molar refractivity (Wildman–Crippen MR) is 142 cm³/mol. The lowest BCUT2D eigenvalue weighted by Crippen LogP contribution is -2.42. The Hall–Kier alpha value is -4.03. The van der Waals surface area contributed by atoms with Crippen molar-refractivity contribution in [1.29, 1.82) is 0 Å². The van der Waals surface area contributed by atoms with Gasteiger partial charge in [0.1, 0.15) is 5.82 Å². The highest BCUT2D eigenvalue weighted by Gasteiger charge is 2.30. The van der Waals surface area contributed by atoms with Crippen molar-refractivity contribution < 1.29 is 38.9 Å². The molecule has 11 nitrogen and oxygen atoms in total. The van der Waals surface area contributed by atoms with Crippen LogP contribution in [0.2, 0.25) is 0 Å². The third kappa shape index (κ3) is 6.89. The summed E-state index contributed by atoms with van der Waals surface area (Å²) in [6.07, 6.45) is -0.0693. The van der Waals surface area contributed by atoms with Crippen LogP contribution in [0.25, 0.3) is 11.6 Å². The van der Waals surface area contributed by atoms with Crippen LogP contribution in [0.5, 0.6) is 0 Å². The second-order valence-electron chi connectivity index (χ2n) is 9.24. The number of carboxylic acids is 2. The first-order valence-electron chi connectivity index (χ1n) is 12.6. The van der Waals surface area contributed by atoms with Crippen LogP contribution in [0.3, 0.4) is 0 Å². The summed E-state index contributed by atoms with van der Waals surface area (Å²) in [5.41, 5.74) is 4.69. The molecule has 0 unspecified atom stereocenters. The van der Waals surface area contributed by atoms with Crippen LogP contribution in [0, 0.1) is 12.7 Å². The number of aromatic amines is 1. The lowest BCUT2D eigenvalue weighted by Gasteiger charge is -2.29. The largest absolute Gasteiger partial charge is 0.481 e. The molecule has 0 saturated carbocycles. The second kappa shape index (κ2) is 12.7. The number of carbonyl (C=O) groups excluding carboxylic acids is 2. The van der Waals surface area contributed by atoms with Gasteiger partial charge in [0.05, 0.1) is 17.6 Å². The van der Waals surface area contributed by atoms with Crippen molar-refractivity contribution in [2.24, 2.45) is 0 Å². The predicted octanol–water partition coefficient (Wildman–Crippen LogP) is 2.20. The smallest absolute Gasteiger partial charge is 0.333 e. The Balaban J connectivity index is 0.000000403. The van der Waals surface area contributed by atoms with E-state index in [0.717, 1.165) is 43.0 Å². The fraction of sp³-hybridized carbons (Fsp3) is 0.407. The van der Waals surface area contributed by atoms with Gasteiger partial charge in [-0.1, -0.05) is 13.8 Å². The zero-order valence-electron chi connectivity index (χ0n) is 22.1. The molecule has 4 rings (SSSR count). The van der Waals surface area contributed by atoms with Crippen LogP contribution in [0.15, 0.2) is 18.2 Å². The zero-order valence-corrected chi connectivity index (χ0v) is 22.1. The number of H-pyrrole nitrogens is 1. The number of aromatic nitrogens is 1. The van der Waals surface area contributed by atoms with Crippen molar-refractivity contribution in [2.75, 3.05) is 38.0 Å². The van der Waals surface area contributed by atoms with Gasteiger partial charge < -0.3 is 35.4 Å². The van der Waals surface area contributed by atoms with Crippen molar-refractivity contribution in [3.05, 3.63) is 52.1 Å². The maximum absolute atomic E-state index is 13.7. The SMILES string of the molecule is CCN(CC)CCN1CCc2[nH]c(/C=C3\C(=O)Nc4ccc(F)cc43)c(C)c2C1=O.O=C(O)C[C@H](O)C(=O)O. The second-order valence-corrected chi connectivity index (χ2v) is 9.24. The van der Waals surface area contributed by atoms with Crippen molar-refractivity contribution in [1.82, 2.24) is 14.8 Å². The minimum absolute atomic E-state index is 0.0316. The number of nitrogens with zero attached hydrogens (tertiary/aromatic N) is 2. The molecule has 12 heteroatoms. The third-order valence-corrected chi connectivity index (χ3v) is 6.79. The summed E-state index contributed by atoms with van der Waals surface area (Å²) in [6.45, 7) is 10.3. The fourth-order valence-electron chi connectivity index (χ4n) is 4.52. The number of amides is 2. The number of aliphatic hydroxyl groups excluding tert-OH is 1. The average molecular weight is 545 g/mol. The highest BCUT2D eigenvalue weighted by atomic mass is 19.1. The Bertz CT molecular complexity index is 1300. The van der Waals surface area contributed by atoms with Crippen molar-refractivity contribution in [2.45, 2.75) is 39.7 Å². The third-order valence-electron chi connectivity index (χ3n) is 6.79. The molecule has 3 heterocycles. The molecule has 1 aromatic heterocycles. The number of aliphatic hydroxyl groups is 1. The number of aliphatic carboxylic acids is 2. The van der Waals surface area contributed by atoms with Crippen molar-refractivity contribution >= 4 is 41.1 Å². The molecule has 0 radical (unpaired) electrons. The molecule has 39 heavy (non-hydrogen) atoms. The number of hydrogen-bond acceptors (Lipinski definition) is 6. The first kappa shape index (κ1) is 29.5. The van der Waals surface area contributed by atoms with Crippen LogP contribution in [-0.2, 0) is 20.8 Å². The van der Waals surface area contributed by atoms with E-state index in [1.165, 1.54) is 12.1 Å². The zero-order chi connectivity index (χ0) is 28.9. The first-order valence-corrected chi connectivity index (χ1v) is 12.6. The Kier molecular flexibility index (Phi) is 9.60. The molecule has 0 spiro atoms. The number of benzene rings is 1. The van der Waals surface area contributed by atoms with E-state index in [2.05, 4.69) is 29.0 Å². The van der Waals surface area contributed by atoms with E-state index in [4.69, 9.17) is 15.3 Å². The van der Waals surface area contributed by atoms with Gasteiger partial charge in [-0.05, 0) is 49.9 Å². The number of halogens is 1. The van der Waals surface area contributed by atoms with E-state index in [1.54, 1.807) is 12.1 Å². The molecule has 2 amide bonds. The lowest BCUT2D eigenvalue weighted by atomic mass is 10.0. The summed E-state index contributed by atoms with van der Waals surface area (Å²) in [5, 5.41) is 26.9. The molecule has 2 aliphatic heterocycles. The van der Waals surface area contributed by atoms with E-state index in [9.17, 15) is 23.6 Å². The summed E-state index contributed by atoms with van der Waals surface area (Å²) in [4.78, 5) is 52.5. The van der Waals surface area contributed by atoms with Gasteiger partial charge in [-0.3, -0.25) is 14.4 Å². The lowest BCUT2D eigenvalue weighted by molar-refractivity contribution is -0.152. The topological polar surface area (TPSA) is 163 Å². The first-order chi connectivity index (χ1) is 18.5. The maximum Gasteiger partial charge on any atom is 0.333 e. The highest BCUT2D eigenvalue weighted by Crippen LogP contribution is 2.35. The number of likely N-dealkylation sites (N-methyl/N-ethyl adjacent to an activating group) is 1. The van der Waals surface area contributed by atoms with Crippen molar-refractivity contribution in [3.8, 4) is 0 Å². The van der Waals surface area contributed by atoms with Crippen LogP contribution in [-0.4, -0.2) is 92.7 Å². The van der Waals surface area contributed by atoms with Gasteiger partial charge in [0, 0.05) is 48.7 Å². The van der Waals surface area contributed by atoms with E-state index in [-0.39, 0.29) is 11.8 Å². The minimum atomic E-state index is -1.79. The molecule has 2 aromatic rings. The minimum Gasteiger partial charge on any atom is -0.481 e. The Morgan fingerprint density at radius 2 is 1.90 bits per heavy atom. The molecule has 0 saturated heterocycles. The standard InChI is InChI=1S/C23H27FN4O2.C4H6O5/c1-4-27(5-2)10-11-28-9-8-19-21(23(28)30)14(3)20(25-19)13-17-16-12-15(24)6-7-18(16)26-22(17)29;5-2(4(8)9)1-3(6)7/h6-7,12-13,25H,4-5,8-11H2,1-3H3,(H,26,29);2,5H,1H2,(H,6,7)(H,8,9)/b17-13-;/t;2-/m.0/s1. The molecule has 1 aromatic carbocycles. The Morgan fingerprint density at radius 1 is 1.21 bits per heavy atom. The number of anilines is 1. The van der Waals surface area contributed by atoms with Gasteiger partial charge in [0.2, 0.25) is 0 Å². The monoisotopic (exact) mass is 544 g/mol. The summed E-state index contributed by atoms with van der Waals surface area (Å²) in [5.74, 6) is -3.47. The summed E-state index contributed by atoms with van der Waals surface area (Å²) in [7, 11) is 0. The number of fused-ring (bicyclic) bond motifs is 2. The molecule has 5 N–H and O–H groups in total. The van der Waals surface area contributed by atoms with Gasteiger partial charge in [-0.25, -0.2) is 9.18 Å². The summed E-state index contributed by atoms with van der Waals surface area (Å²) >= 11 is 0. The molecule has 1 atom stereocenters. The number of carbonyl (C=O) groups is 4. The molecule has 0 bridgehead atoms. The molecular weight excluding hydrogens is 511 g/mol. The number of rotatable bonds is 9. The number of hydrogen-bond donors (Lipinski definition) is 5. The van der Waals surface area contributed by atoms with E-state index < -0.39 is 30.3 Å². The van der Waals surface area contributed by atoms with Gasteiger partial charge in [-0.15, -0.1) is 0 Å². The fourth-order valence-corrected chi connectivity index (χ4v) is 4.52. The van der Waals surface area contributed by atoms with Gasteiger partial charge >= 0.3 is 11.9 Å². The van der Waals surface area contributed by atoms with Gasteiger partial charge in [0.15, 0.2) is 6.10 Å². The quantitative estimate of drug-likeness (QED) is 0.300. The summed E-state index contributed by atoms with van der Waals surface area (Å²) in [6, 6.07) is 4.25. The molecule has 0 aliphatic carbocycles. The maximum atomic E-state index is 13.7. The molecule has 2 aliphatic rings. The highest BCUT2D eigenvalue weighted by molar-refractivity contribution is 6.34. The van der Waals surface area contributed by atoms with Gasteiger partial charge in [-0.2, -0.15) is 0 Å². The summed E-state index contributed by atoms with van der Waals surface area (Å²) < 4.78 is 13.7. The normalized spacial score (nSPS) is 15.9. The van der Waals surface area contributed by atoms with E-state index in [1.807, 2.05) is 11.8 Å². The average Bonchev–Trinajstić information content (AvgIpc) is 3.37. The molecule has 0 fully saturated rings. The Labute approximate surface area is 224 Å². The van der Waals surface area contributed by atoms with E-state index in [0.29, 0.717) is 35.5 Å². The van der Waals surface area contributed by atoms with Crippen LogP contribution < -0.4 is 5.32 Å². The van der Waals surface area contributed by atoms with Crippen LogP contribution >= 0.6 is 0 Å². The van der Waals surface area contributed by atoms with Crippen molar-refractivity contribution in [3.63, 3.8) is 0 Å². The van der Waals surface area contributed by atoms with Gasteiger partial charge in [0.25, 0.3) is 11.8 Å². The molecule has 210 valence electrons. The molecular formula is C27H33FN4O7. The number of nitrogens with one attached hydrogen (secondary N) is 2. The van der Waals surface area contributed by atoms with Crippen LogP contribution in [0.1, 0.15) is 53.1 Å². The number of carboxylic acid groups (broad SMARTS) is 2. The van der Waals surface area contributed by atoms with E-state index >= 15 is 0 Å². The Morgan fingerprint density at radius 3 is 2.49 bits per heavy atom. The van der Waals surface area contributed by atoms with Crippen LogP contribution in [0.4, 0.5) is 10.1 Å².